The lowest BCUT2D eigenvalue weighted by Crippen LogP contribution is -2.42. The normalized spacial score (nSPS) is 16.2. The van der Waals surface area contributed by atoms with Crippen molar-refractivity contribution in [3.8, 4) is 23.1 Å². The lowest BCUT2D eigenvalue weighted by molar-refractivity contribution is 0.0106. The molecule has 48 heavy (non-hydrogen) atoms. The summed E-state index contributed by atoms with van der Waals surface area (Å²) >= 11 is 12.6. The number of sulfonamides is 1. The number of hydrogen-bond acceptors (Lipinski definition) is 7. The molecule has 0 spiro atoms. The van der Waals surface area contributed by atoms with Crippen LogP contribution in [0.25, 0.3) is 11.3 Å². The van der Waals surface area contributed by atoms with Crippen LogP contribution in [-0.2, 0) is 47.4 Å². The maximum absolute atomic E-state index is 12.5. The number of nitrogens with one attached hydrogen (secondary N) is 1. The third-order valence-electron chi connectivity index (χ3n) is 8.63. The van der Waals surface area contributed by atoms with E-state index in [1.54, 1.807) is 6.07 Å². The summed E-state index contributed by atoms with van der Waals surface area (Å²) in [4.78, 5) is 2.19. The van der Waals surface area contributed by atoms with Gasteiger partial charge in [0, 0.05) is 85.2 Å². The van der Waals surface area contributed by atoms with E-state index >= 15 is 0 Å². The fourth-order valence-electron chi connectivity index (χ4n) is 6.04. The zero-order valence-electron chi connectivity index (χ0n) is 26.8. The van der Waals surface area contributed by atoms with Crippen molar-refractivity contribution in [1.29, 1.82) is 0 Å². The van der Waals surface area contributed by atoms with Gasteiger partial charge in [-0.05, 0) is 47.5 Å². The second kappa shape index (κ2) is 15.5. The predicted octanol–water partition coefficient (Wildman–Crippen LogP) is 4.56. The van der Waals surface area contributed by atoms with Crippen LogP contribution in [0.3, 0.4) is 0 Å². The standard InChI is InChI=1S/C36H39Cl2N5O4S/c1-48(45,46)42-15-14-35-33(25-42)36(40-43(35)24-32(44)23-41-16-18-47-19-17-41)30-10-13-34(38)29(20-30)9-6-26-2-4-27(5-3-26)21-39-22-28-7-11-31(37)12-8-28/h2-5,7-8,10-13,20,32,39,44H,14-19,21-25H2,1H3/t32-/m0/s1. The third-order valence-corrected chi connectivity index (χ3v) is 10.5. The maximum atomic E-state index is 12.5. The van der Waals surface area contributed by atoms with Gasteiger partial charge in [0.1, 0.15) is 0 Å². The fraction of sp³-hybridized carbons (Fsp3) is 0.361. The van der Waals surface area contributed by atoms with Crippen LogP contribution in [-0.4, -0.2) is 84.3 Å². The first-order valence-electron chi connectivity index (χ1n) is 16.0. The predicted molar refractivity (Wildman–Crippen MR) is 189 cm³/mol. The molecule has 0 bridgehead atoms. The Balaban J connectivity index is 1.19. The zero-order valence-corrected chi connectivity index (χ0v) is 29.2. The molecule has 1 fully saturated rings. The highest BCUT2D eigenvalue weighted by atomic mass is 35.5. The average Bonchev–Trinajstić information content (AvgIpc) is 3.43. The van der Waals surface area contributed by atoms with Crippen LogP contribution in [0.4, 0.5) is 0 Å². The number of morpholine rings is 1. The minimum atomic E-state index is -3.40. The monoisotopic (exact) mass is 707 g/mol. The van der Waals surface area contributed by atoms with Gasteiger partial charge < -0.3 is 15.2 Å². The summed E-state index contributed by atoms with van der Waals surface area (Å²) in [5, 5.41) is 20.6. The molecule has 0 unspecified atom stereocenters. The van der Waals surface area contributed by atoms with E-state index in [0.29, 0.717) is 55.5 Å². The Bertz CT molecular complexity index is 1900. The van der Waals surface area contributed by atoms with Crippen LogP contribution in [0.1, 0.15) is 33.5 Å². The van der Waals surface area contributed by atoms with Gasteiger partial charge in [0.05, 0.1) is 42.8 Å². The van der Waals surface area contributed by atoms with E-state index in [0.717, 1.165) is 59.1 Å². The quantitative estimate of drug-likeness (QED) is 0.233. The van der Waals surface area contributed by atoms with E-state index in [9.17, 15) is 13.5 Å². The molecule has 2 aliphatic heterocycles. The van der Waals surface area contributed by atoms with E-state index in [4.69, 9.17) is 33.0 Å². The molecular formula is C36H39Cl2N5O4S. The molecule has 2 aliphatic rings. The largest absolute Gasteiger partial charge is 0.390 e. The molecule has 4 aromatic rings. The second-order valence-electron chi connectivity index (χ2n) is 12.2. The molecule has 1 saturated heterocycles. The SMILES string of the molecule is CS(=O)(=O)N1CCc2c(c(-c3ccc(Cl)c(C#Cc4ccc(CNCc5ccc(Cl)cc5)cc4)c3)nn2C[C@@H](O)CN2CCOCC2)C1. The molecule has 0 saturated carbocycles. The van der Waals surface area contributed by atoms with Crippen molar-refractivity contribution in [3.63, 3.8) is 0 Å². The molecule has 252 valence electrons. The van der Waals surface area contributed by atoms with Crippen molar-refractivity contribution in [1.82, 2.24) is 24.3 Å². The summed E-state index contributed by atoms with van der Waals surface area (Å²) in [7, 11) is -3.40. The molecule has 3 aromatic carbocycles. The number of benzene rings is 3. The molecule has 9 nitrogen and oxygen atoms in total. The Labute approximate surface area is 292 Å². The Kier molecular flexibility index (Phi) is 11.2. The van der Waals surface area contributed by atoms with Gasteiger partial charge in [0.2, 0.25) is 10.0 Å². The molecular weight excluding hydrogens is 669 g/mol. The van der Waals surface area contributed by atoms with Gasteiger partial charge in [0.25, 0.3) is 0 Å². The molecule has 1 atom stereocenters. The minimum Gasteiger partial charge on any atom is -0.390 e. The van der Waals surface area contributed by atoms with E-state index in [1.165, 1.54) is 16.1 Å². The van der Waals surface area contributed by atoms with Crippen LogP contribution < -0.4 is 5.32 Å². The molecule has 12 heteroatoms. The highest BCUT2D eigenvalue weighted by Crippen LogP contribution is 2.33. The number of hydrogen-bond donors (Lipinski definition) is 2. The number of nitrogens with zero attached hydrogens (tertiary/aromatic N) is 4. The Morgan fingerprint density at radius 3 is 2.31 bits per heavy atom. The summed E-state index contributed by atoms with van der Waals surface area (Å²) in [5.74, 6) is 6.45. The van der Waals surface area contributed by atoms with E-state index in [2.05, 4.69) is 34.2 Å². The summed E-state index contributed by atoms with van der Waals surface area (Å²) in [6.45, 7) is 5.76. The lowest BCUT2D eigenvalue weighted by atomic mass is 10.0. The molecule has 3 heterocycles. The highest BCUT2D eigenvalue weighted by Gasteiger charge is 2.30. The Morgan fingerprint density at radius 2 is 1.62 bits per heavy atom. The van der Waals surface area contributed by atoms with Crippen molar-refractivity contribution in [2.75, 3.05) is 45.6 Å². The van der Waals surface area contributed by atoms with Crippen molar-refractivity contribution >= 4 is 33.2 Å². The summed E-state index contributed by atoms with van der Waals surface area (Å²) in [5.41, 5.74) is 7.07. The number of aromatic nitrogens is 2. The summed E-state index contributed by atoms with van der Waals surface area (Å²) in [6.07, 6.45) is 1.10. The first kappa shape index (κ1) is 34.6. The van der Waals surface area contributed by atoms with Crippen LogP contribution in [0, 0.1) is 11.8 Å². The number of ether oxygens (including phenoxy) is 1. The van der Waals surface area contributed by atoms with Crippen LogP contribution >= 0.6 is 23.2 Å². The van der Waals surface area contributed by atoms with Gasteiger partial charge >= 0.3 is 0 Å². The Morgan fingerprint density at radius 1 is 0.938 bits per heavy atom. The lowest BCUT2D eigenvalue weighted by Gasteiger charge is -2.29. The third kappa shape index (κ3) is 8.86. The first-order chi connectivity index (χ1) is 23.1. The summed E-state index contributed by atoms with van der Waals surface area (Å²) < 4.78 is 33.8. The molecule has 1 aromatic heterocycles. The van der Waals surface area contributed by atoms with E-state index in [1.807, 2.05) is 53.2 Å². The molecule has 2 N–H and O–H groups in total. The number of aliphatic hydroxyl groups is 1. The molecule has 6 rings (SSSR count). The smallest absolute Gasteiger partial charge is 0.211 e. The number of halogens is 2. The van der Waals surface area contributed by atoms with Crippen LogP contribution in [0.2, 0.25) is 10.0 Å². The topological polar surface area (TPSA) is 99.9 Å². The van der Waals surface area contributed by atoms with Gasteiger partial charge in [-0.2, -0.15) is 9.40 Å². The van der Waals surface area contributed by atoms with Crippen molar-refractivity contribution in [2.45, 2.75) is 38.7 Å². The molecule has 0 radical (unpaired) electrons. The number of fused-ring (bicyclic) bond motifs is 1. The van der Waals surface area contributed by atoms with Gasteiger partial charge in [0.15, 0.2) is 0 Å². The van der Waals surface area contributed by atoms with Crippen molar-refractivity contribution in [2.24, 2.45) is 0 Å². The minimum absolute atomic E-state index is 0.216. The maximum Gasteiger partial charge on any atom is 0.211 e. The second-order valence-corrected chi connectivity index (χ2v) is 15.1. The van der Waals surface area contributed by atoms with Crippen LogP contribution in [0.15, 0.2) is 66.7 Å². The van der Waals surface area contributed by atoms with Gasteiger partial charge in [-0.1, -0.05) is 65.4 Å². The van der Waals surface area contributed by atoms with Gasteiger partial charge in [-0.15, -0.1) is 0 Å². The average molecular weight is 709 g/mol. The fourth-order valence-corrected chi connectivity index (χ4v) is 7.12. The van der Waals surface area contributed by atoms with Crippen molar-refractivity contribution in [3.05, 3.63) is 110 Å². The van der Waals surface area contributed by atoms with E-state index < -0.39 is 16.1 Å². The zero-order chi connectivity index (χ0) is 33.7. The van der Waals surface area contributed by atoms with Gasteiger partial charge in [-0.25, -0.2) is 8.42 Å². The first-order valence-corrected chi connectivity index (χ1v) is 18.6. The summed E-state index contributed by atoms with van der Waals surface area (Å²) in [6, 6.07) is 21.5. The Hall–Kier alpha value is -3.24. The number of β-amino-alcohol motifs (C(OH)–C–C–N with tert-alkyl or cyclic N) is 1. The van der Waals surface area contributed by atoms with Crippen LogP contribution in [0.5, 0.6) is 0 Å². The molecule has 0 aliphatic carbocycles. The number of aliphatic hydroxyl groups excluding tert-OH is 1. The van der Waals surface area contributed by atoms with Crippen molar-refractivity contribution < 1.29 is 18.3 Å². The van der Waals surface area contributed by atoms with E-state index in [-0.39, 0.29) is 6.54 Å². The van der Waals surface area contributed by atoms with Gasteiger partial charge in [-0.3, -0.25) is 9.58 Å². The molecule has 0 amide bonds. The highest BCUT2D eigenvalue weighted by molar-refractivity contribution is 7.88. The number of rotatable bonds is 10.